The second-order valence-electron chi connectivity index (χ2n) is 7.87. The van der Waals surface area contributed by atoms with Crippen molar-refractivity contribution in [2.75, 3.05) is 16.5 Å². The average molecular weight is 528 g/mol. The Labute approximate surface area is 211 Å². The summed E-state index contributed by atoms with van der Waals surface area (Å²) >= 11 is 8.01. The van der Waals surface area contributed by atoms with E-state index in [0.717, 1.165) is 0 Å². The number of alkyl halides is 2. The van der Waals surface area contributed by atoms with Gasteiger partial charge in [-0.05, 0) is 24.3 Å². The van der Waals surface area contributed by atoms with Gasteiger partial charge in [-0.15, -0.1) is 11.8 Å². The SMILES string of the molecule is O=c1c2c(Cl)cccc2nc([C@@H]2CSCN2c2ncnc3[nH]cnc23)n1-c1ccccc1OC(F)F. The highest BCUT2D eigenvalue weighted by atomic mass is 35.5. The lowest BCUT2D eigenvalue weighted by Crippen LogP contribution is -2.33. The summed E-state index contributed by atoms with van der Waals surface area (Å²) in [5.74, 6) is 1.86. The van der Waals surface area contributed by atoms with Gasteiger partial charge in [0.2, 0.25) is 0 Å². The number of para-hydroxylation sites is 2. The molecule has 1 atom stereocenters. The lowest BCUT2D eigenvalue weighted by molar-refractivity contribution is -0.0498. The van der Waals surface area contributed by atoms with Crippen molar-refractivity contribution in [3.63, 3.8) is 0 Å². The Hall–Kier alpha value is -3.77. The van der Waals surface area contributed by atoms with Crippen LogP contribution in [0, 0.1) is 0 Å². The van der Waals surface area contributed by atoms with Gasteiger partial charge in [-0.25, -0.2) is 19.9 Å². The first-order valence-corrected chi connectivity index (χ1v) is 12.3. The Balaban J connectivity index is 1.62. The van der Waals surface area contributed by atoms with Crippen LogP contribution in [0.25, 0.3) is 27.8 Å². The zero-order chi connectivity index (χ0) is 24.8. The van der Waals surface area contributed by atoms with Gasteiger partial charge in [-0.3, -0.25) is 9.36 Å². The van der Waals surface area contributed by atoms with Gasteiger partial charge < -0.3 is 14.6 Å². The van der Waals surface area contributed by atoms with Crippen LogP contribution in [-0.4, -0.2) is 47.7 Å². The van der Waals surface area contributed by atoms with Crippen molar-refractivity contribution in [2.24, 2.45) is 0 Å². The Morgan fingerprint density at radius 3 is 2.86 bits per heavy atom. The van der Waals surface area contributed by atoms with Gasteiger partial charge >= 0.3 is 6.61 Å². The third kappa shape index (κ3) is 3.73. The van der Waals surface area contributed by atoms with Crippen molar-refractivity contribution >= 4 is 51.2 Å². The molecule has 1 fully saturated rings. The minimum absolute atomic E-state index is 0.136. The quantitative estimate of drug-likeness (QED) is 0.355. The van der Waals surface area contributed by atoms with Crippen molar-refractivity contribution in [3.05, 3.63) is 76.3 Å². The molecule has 1 aliphatic rings. The molecule has 13 heteroatoms. The first-order valence-electron chi connectivity index (χ1n) is 10.8. The van der Waals surface area contributed by atoms with E-state index in [1.54, 1.807) is 42.1 Å². The van der Waals surface area contributed by atoms with E-state index >= 15 is 0 Å². The molecule has 1 aliphatic heterocycles. The van der Waals surface area contributed by atoms with Crippen LogP contribution >= 0.6 is 23.4 Å². The van der Waals surface area contributed by atoms with Gasteiger partial charge in [0.1, 0.15) is 23.4 Å². The predicted octanol–water partition coefficient (Wildman–Crippen LogP) is 4.56. The van der Waals surface area contributed by atoms with Crippen LogP contribution in [0.4, 0.5) is 14.6 Å². The summed E-state index contributed by atoms with van der Waals surface area (Å²) in [5, 5.41) is 0.396. The molecule has 2 aromatic carbocycles. The molecule has 0 spiro atoms. The summed E-state index contributed by atoms with van der Waals surface area (Å²) in [7, 11) is 0. The van der Waals surface area contributed by atoms with Gasteiger partial charge in [-0.1, -0.05) is 29.8 Å². The summed E-state index contributed by atoms with van der Waals surface area (Å²) in [5.41, 5.74) is 1.19. The molecule has 4 heterocycles. The van der Waals surface area contributed by atoms with Gasteiger partial charge in [0, 0.05) is 5.75 Å². The van der Waals surface area contributed by atoms with Gasteiger partial charge in [0.25, 0.3) is 5.56 Å². The zero-order valence-electron chi connectivity index (χ0n) is 18.3. The number of ether oxygens (including phenoxy) is 1. The fourth-order valence-corrected chi connectivity index (χ4v) is 5.74. The van der Waals surface area contributed by atoms with Crippen LogP contribution in [0.1, 0.15) is 11.9 Å². The molecule has 0 aliphatic carbocycles. The number of hydrogen-bond donors (Lipinski definition) is 1. The predicted molar refractivity (Wildman–Crippen MR) is 133 cm³/mol. The molecule has 0 saturated carbocycles. The Kier molecular flexibility index (Phi) is 5.69. The van der Waals surface area contributed by atoms with Crippen LogP contribution in [0.2, 0.25) is 5.02 Å². The molecular weight excluding hydrogens is 512 g/mol. The van der Waals surface area contributed by atoms with E-state index in [-0.39, 0.29) is 21.8 Å². The molecule has 182 valence electrons. The van der Waals surface area contributed by atoms with Crippen LogP contribution in [0.15, 0.2) is 59.9 Å². The van der Waals surface area contributed by atoms with Crippen molar-refractivity contribution in [1.82, 2.24) is 29.5 Å². The normalized spacial score (nSPS) is 15.9. The lowest BCUT2D eigenvalue weighted by Gasteiger charge is -2.27. The number of imidazole rings is 1. The third-order valence-electron chi connectivity index (χ3n) is 5.85. The Morgan fingerprint density at radius 1 is 1.14 bits per heavy atom. The number of aromatic nitrogens is 6. The van der Waals surface area contributed by atoms with Gasteiger partial charge in [0.05, 0.1) is 39.9 Å². The summed E-state index contributed by atoms with van der Waals surface area (Å²) in [6, 6.07) is 10.7. The molecule has 6 rings (SSSR count). The number of nitrogens with zero attached hydrogens (tertiary/aromatic N) is 6. The minimum Gasteiger partial charge on any atom is -0.433 e. The number of anilines is 1. The molecule has 36 heavy (non-hydrogen) atoms. The van der Waals surface area contributed by atoms with E-state index in [4.69, 9.17) is 21.3 Å². The molecule has 1 N–H and O–H groups in total. The second kappa shape index (κ2) is 9.03. The first kappa shape index (κ1) is 22.7. The number of benzene rings is 2. The summed E-state index contributed by atoms with van der Waals surface area (Å²) in [4.78, 5) is 36.7. The highest BCUT2D eigenvalue weighted by Gasteiger charge is 2.34. The van der Waals surface area contributed by atoms with Crippen molar-refractivity contribution in [1.29, 1.82) is 0 Å². The van der Waals surface area contributed by atoms with Crippen molar-refractivity contribution in [2.45, 2.75) is 12.7 Å². The molecule has 0 unspecified atom stereocenters. The van der Waals surface area contributed by atoms with E-state index in [2.05, 4.69) is 19.9 Å². The van der Waals surface area contributed by atoms with Crippen LogP contribution in [0.5, 0.6) is 5.75 Å². The molecule has 9 nitrogen and oxygen atoms in total. The second-order valence-corrected chi connectivity index (χ2v) is 9.28. The summed E-state index contributed by atoms with van der Waals surface area (Å²) in [6.07, 6.45) is 2.97. The number of nitrogens with one attached hydrogen (secondary N) is 1. The molecule has 0 amide bonds. The molecule has 0 radical (unpaired) electrons. The number of hydrogen-bond acceptors (Lipinski definition) is 8. The minimum atomic E-state index is -3.07. The van der Waals surface area contributed by atoms with E-state index in [1.165, 1.54) is 29.4 Å². The highest BCUT2D eigenvalue weighted by Crippen LogP contribution is 2.39. The van der Waals surface area contributed by atoms with E-state index in [1.807, 2.05) is 4.90 Å². The highest BCUT2D eigenvalue weighted by molar-refractivity contribution is 7.99. The largest absolute Gasteiger partial charge is 0.433 e. The number of halogens is 3. The first-order chi connectivity index (χ1) is 17.5. The molecular formula is C23H16ClF2N7O2S. The maximum absolute atomic E-state index is 13.9. The van der Waals surface area contributed by atoms with Gasteiger partial charge in [0.15, 0.2) is 11.5 Å². The number of aromatic amines is 1. The van der Waals surface area contributed by atoms with Crippen LogP contribution in [0.3, 0.4) is 0 Å². The Morgan fingerprint density at radius 2 is 2.00 bits per heavy atom. The van der Waals surface area contributed by atoms with Crippen LogP contribution < -0.4 is 15.2 Å². The van der Waals surface area contributed by atoms with Crippen LogP contribution in [-0.2, 0) is 0 Å². The maximum Gasteiger partial charge on any atom is 0.387 e. The van der Waals surface area contributed by atoms with Crippen molar-refractivity contribution < 1.29 is 13.5 Å². The standard InChI is InChI=1S/C23H16ClF2N7O2S/c24-12-4-3-5-13-17(12)22(34)33(14-6-1-2-7-16(14)35-23(25)26)20(31-13)15-8-36-11-32(15)21-18-19(28-9-27-18)29-10-30-21/h1-7,9-10,15,23H,8,11H2,(H,27,28,29,30)/t15-/m0/s1. The smallest absolute Gasteiger partial charge is 0.387 e. The average Bonchev–Trinajstić information content (AvgIpc) is 3.54. The fraction of sp³-hybridized carbons (Fsp3) is 0.174. The van der Waals surface area contributed by atoms with Crippen molar-refractivity contribution in [3.8, 4) is 11.4 Å². The number of thioether (sulfide) groups is 1. The number of fused-ring (bicyclic) bond motifs is 2. The lowest BCUT2D eigenvalue weighted by atomic mass is 10.1. The van der Waals surface area contributed by atoms with E-state index in [9.17, 15) is 13.6 Å². The summed E-state index contributed by atoms with van der Waals surface area (Å²) in [6.45, 7) is -3.07. The van der Waals surface area contributed by atoms with E-state index in [0.29, 0.717) is 40.0 Å². The third-order valence-corrected chi connectivity index (χ3v) is 7.17. The zero-order valence-corrected chi connectivity index (χ0v) is 19.9. The fourth-order valence-electron chi connectivity index (χ4n) is 4.33. The summed E-state index contributed by atoms with van der Waals surface area (Å²) < 4.78 is 32.6. The monoisotopic (exact) mass is 527 g/mol. The molecule has 1 saturated heterocycles. The molecule has 0 bridgehead atoms. The van der Waals surface area contributed by atoms with Gasteiger partial charge in [-0.2, -0.15) is 8.78 Å². The molecule has 5 aromatic rings. The maximum atomic E-state index is 13.9. The number of rotatable bonds is 5. The van der Waals surface area contributed by atoms with E-state index < -0.39 is 18.2 Å². The number of H-pyrrole nitrogens is 1. The topological polar surface area (TPSA) is 102 Å². The molecule has 3 aromatic heterocycles. The Bertz CT molecular complexity index is 1660.